The second kappa shape index (κ2) is 7.23. The van der Waals surface area contributed by atoms with Gasteiger partial charge in [-0.3, -0.25) is 9.78 Å². The normalized spacial score (nSPS) is 10.4. The standard InChI is InChI=1S/C18H17N3O2S/c1-12-16(24-18(21-12)14-4-3-9-19-10-14)11-20-17(22)13-5-7-15(23-2)8-6-13/h3-10H,11H2,1-2H3,(H,20,22). The summed E-state index contributed by atoms with van der Waals surface area (Å²) in [5.74, 6) is 0.611. The fourth-order valence-corrected chi connectivity index (χ4v) is 3.20. The Kier molecular flexibility index (Phi) is 4.86. The highest BCUT2D eigenvalue weighted by Crippen LogP contribution is 2.27. The number of hydrogen-bond acceptors (Lipinski definition) is 5. The fraction of sp³-hybridized carbons (Fsp3) is 0.167. The van der Waals surface area contributed by atoms with Crippen LogP contribution in [0, 0.1) is 6.92 Å². The molecule has 0 spiro atoms. The molecule has 122 valence electrons. The lowest BCUT2D eigenvalue weighted by molar-refractivity contribution is 0.0951. The van der Waals surface area contributed by atoms with E-state index in [0.717, 1.165) is 26.9 Å². The minimum atomic E-state index is -0.117. The maximum absolute atomic E-state index is 12.2. The van der Waals surface area contributed by atoms with Crippen LogP contribution in [0.5, 0.6) is 5.75 Å². The number of aryl methyl sites for hydroxylation is 1. The topological polar surface area (TPSA) is 64.1 Å². The first-order valence-corrected chi connectivity index (χ1v) is 8.28. The molecule has 0 bridgehead atoms. The molecule has 1 N–H and O–H groups in total. The maximum Gasteiger partial charge on any atom is 0.251 e. The quantitative estimate of drug-likeness (QED) is 0.773. The van der Waals surface area contributed by atoms with Crippen LogP contribution in [0.4, 0.5) is 0 Å². The van der Waals surface area contributed by atoms with Gasteiger partial charge in [-0.2, -0.15) is 0 Å². The number of nitrogens with one attached hydrogen (secondary N) is 1. The van der Waals surface area contributed by atoms with E-state index in [4.69, 9.17) is 4.74 Å². The molecule has 0 unspecified atom stereocenters. The molecule has 0 aliphatic rings. The molecule has 6 heteroatoms. The van der Waals surface area contributed by atoms with E-state index in [9.17, 15) is 4.79 Å². The van der Waals surface area contributed by atoms with Gasteiger partial charge >= 0.3 is 0 Å². The minimum Gasteiger partial charge on any atom is -0.497 e. The van der Waals surface area contributed by atoms with E-state index in [2.05, 4.69) is 15.3 Å². The number of hydrogen-bond donors (Lipinski definition) is 1. The van der Waals surface area contributed by atoms with Crippen molar-refractivity contribution in [2.24, 2.45) is 0 Å². The van der Waals surface area contributed by atoms with E-state index in [1.54, 1.807) is 55.1 Å². The second-order valence-electron chi connectivity index (χ2n) is 5.18. The van der Waals surface area contributed by atoms with Gasteiger partial charge < -0.3 is 10.1 Å². The highest BCUT2D eigenvalue weighted by molar-refractivity contribution is 7.15. The molecule has 3 aromatic rings. The van der Waals surface area contributed by atoms with Crippen molar-refractivity contribution in [2.75, 3.05) is 7.11 Å². The van der Waals surface area contributed by atoms with Crippen molar-refractivity contribution in [3.05, 3.63) is 64.9 Å². The molecule has 0 aliphatic carbocycles. The number of ether oxygens (including phenoxy) is 1. The molecule has 1 amide bonds. The number of carbonyl (C=O) groups is 1. The summed E-state index contributed by atoms with van der Waals surface area (Å²) >= 11 is 1.57. The van der Waals surface area contributed by atoms with Crippen LogP contribution in [0.2, 0.25) is 0 Å². The molecule has 0 saturated heterocycles. The number of benzene rings is 1. The first-order valence-electron chi connectivity index (χ1n) is 7.46. The Labute approximate surface area is 144 Å². The molecule has 0 saturated carbocycles. The van der Waals surface area contributed by atoms with Crippen molar-refractivity contribution in [1.82, 2.24) is 15.3 Å². The van der Waals surface area contributed by atoms with Crippen LogP contribution in [-0.2, 0) is 6.54 Å². The number of amides is 1. The van der Waals surface area contributed by atoms with Crippen LogP contribution in [-0.4, -0.2) is 23.0 Å². The predicted molar refractivity (Wildman–Crippen MR) is 94.2 cm³/mol. The van der Waals surface area contributed by atoms with Gasteiger partial charge in [0.15, 0.2) is 0 Å². The largest absolute Gasteiger partial charge is 0.497 e. The Morgan fingerprint density at radius 3 is 2.71 bits per heavy atom. The van der Waals surface area contributed by atoms with Crippen LogP contribution in [0.25, 0.3) is 10.6 Å². The molecular formula is C18H17N3O2S. The lowest BCUT2D eigenvalue weighted by atomic mass is 10.2. The van der Waals surface area contributed by atoms with Crippen LogP contribution in [0.15, 0.2) is 48.8 Å². The van der Waals surface area contributed by atoms with Crippen LogP contribution in [0.1, 0.15) is 20.9 Å². The summed E-state index contributed by atoms with van der Waals surface area (Å²) < 4.78 is 5.10. The Hall–Kier alpha value is -2.73. The lowest BCUT2D eigenvalue weighted by Gasteiger charge is -2.05. The molecule has 2 heterocycles. The van der Waals surface area contributed by atoms with E-state index in [1.807, 2.05) is 19.1 Å². The Balaban J connectivity index is 1.68. The highest BCUT2D eigenvalue weighted by atomic mass is 32.1. The van der Waals surface area contributed by atoms with Crippen molar-refractivity contribution in [3.63, 3.8) is 0 Å². The Morgan fingerprint density at radius 2 is 2.04 bits per heavy atom. The van der Waals surface area contributed by atoms with E-state index in [-0.39, 0.29) is 5.91 Å². The minimum absolute atomic E-state index is 0.117. The van der Waals surface area contributed by atoms with Crippen LogP contribution < -0.4 is 10.1 Å². The van der Waals surface area contributed by atoms with Crippen molar-refractivity contribution in [2.45, 2.75) is 13.5 Å². The van der Waals surface area contributed by atoms with Crippen molar-refractivity contribution in [3.8, 4) is 16.3 Å². The Bertz CT molecular complexity index is 829. The van der Waals surface area contributed by atoms with Crippen molar-refractivity contribution < 1.29 is 9.53 Å². The van der Waals surface area contributed by atoms with E-state index >= 15 is 0 Å². The summed E-state index contributed by atoms with van der Waals surface area (Å²) in [6.45, 7) is 2.40. The zero-order valence-electron chi connectivity index (χ0n) is 13.4. The summed E-state index contributed by atoms with van der Waals surface area (Å²) in [6, 6.07) is 10.9. The van der Waals surface area contributed by atoms with Gasteiger partial charge in [0.05, 0.1) is 19.3 Å². The average Bonchev–Trinajstić information content (AvgIpc) is 3.01. The van der Waals surface area contributed by atoms with Crippen molar-refractivity contribution in [1.29, 1.82) is 0 Å². The van der Waals surface area contributed by atoms with Gasteiger partial charge in [-0.1, -0.05) is 0 Å². The summed E-state index contributed by atoms with van der Waals surface area (Å²) in [6.07, 6.45) is 3.53. The Morgan fingerprint density at radius 1 is 1.25 bits per heavy atom. The predicted octanol–water partition coefficient (Wildman–Crippen LogP) is 3.45. The third kappa shape index (κ3) is 3.60. The molecule has 3 rings (SSSR count). The van der Waals surface area contributed by atoms with E-state index in [1.165, 1.54) is 0 Å². The molecule has 0 aliphatic heterocycles. The van der Waals surface area contributed by atoms with Gasteiger partial charge in [-0.05, 0) is 43.3 Å². The van der Waals surface area contributed by atoms with Gasteiger partial charge in [0.25, 0.3) is 5.91 Å². The first-order chi connectivity index (χ1) is 11.7. The molecule has 0 fully saturated rings. The molecule has 0 atom stereocenters. The first kappa shape index (κ1) is 16.1. The zero-order chi connectivity index (χ0) is 16.9. The molecule has 1 aromatic carbocycles. The SMILES string of the molecule is COc1ccc(C(=O)NCc2sc(-c3cccnc3)nc2C)cc1. The summed E-state index contributed by atoms with van der Waals surface area (Å²) in [5.41, 5.74) is 2.51. The van der Waals surface area contributed by atoms with Gasteiger partial charge in [-0.15, -0.1) is 11.3 Å². The van der Waals surface area contributed by atoms with Crippen LogP contribution >= 0.6 is 11.3 Å². The summed E-state index contributed by atoms with van der Waals surface area (Å²) in [7, 11) is 1.60. The monoisotopic (exact) mass is 339 g/mol. The van der Waals surface area contributed by atoms with Crippen LogP contribution in [0.3, 0.4) is 0 Å². The third-order valence-electron chi connectivity index (χ3n) is 3.56. The van der Waals surface area contributed by atoms with Gasteiger partial charge in [0, 0.05) is 28.4 Å². The van der Waals surface area contributed by atoms with E-state index in [0.29, 0.717) is 12.1 Å². The zero-order valence-corrected chi connectivity index (χ0v) is 14.3. The number of methoxy groups -OCH3 is 1. The molecule has 0 radical (unpaired) electrons. The number of thiazole rings is 1. The fourth-order valence-electron chi connectivity index (χ4n) is 2.21. The third-order valence-corrected chi connectivity index (χ3v) is 4.77. The average molecular weight is 339 g/mol. The summed E-state index contributed by atoms with van der Waals surface area (Å²) in [5, 5.41) is 3.84. The molecule has 5 nitrogen and oxygen atoms in total. The summed E-state index contributed by atoms with van der Waals surface area (Å²) in [4.78, 5) is 21.9. The number of nitrogens with zero attached hydrogens (tertiary/aromatic N) is 2. The number of aromatic nitrogens is 2. The second-order valence-corrected chi connectivity index (χ2v) is 6.26. The highest BCUT2D eigenvalue weighted by Gasteiger charge is 2.11. The molecule has 2 aromatic heterocycles. The molecule has 24 heavy (non-hydrogen) atoms. The maximum atomic E-state index is 12.2. The smallest absolute Gasteiger partial charge is 0.251 e. The molecular weight excluding hydrogens is 322 g/mol. The number of carbonyl (C=O) groups excluding carboxylic acids is 1. The van der Waals surface area contributed by atoms with Crippen molar-refractivity contribution >= 4 is 17.2 Å². The van der Waals surface area contributed by atoms with Gasteiger partial charge in [-0.25, -0.2) is 4.98 Å². The van der Waals surface area contributed by atoms with Gasteiger partial charge in [0.1, 0.15) is 10.8 Å². The van der Waals surface area contributed by atoms with Gasteiger partial charge in [0.2, 0.25) is 0 Å². The lowest BCUT2D eigenvalue weighted by Crippen LogP contribution is -2.22. The number of pyridine rings is 1. The van der Waals surface area contributed by atoms with E-state index < -0.39 is 0 Å². The number of rotatable bonds is 5.